The Morgan fingerprint density at radius 3 is 3.08 bits per heavy atom. The molecule has 3 aromatic heterocycles. The summed E-state index contributed by atoms with van der Waals surface area (Å²) in [5, 5.41) is 13.9. The third-order valence-electron chi connectivity index (χ3n) is 4.58. The lowest BCUT2D eigenvalue weighted by Crippen LogP contribution is -2.34. The molecule has 0 aromatic carbocycles. The van der Waals surface area contributed by atoms with Crippen LogP contribution in [0.4, 0.5) is 0 Å². The minimum Gasteiger partial charge on any atom is -0.322 e. The molecule has 0 atom stereocenters. The normalized spacial score (nSPS) is 14.5. The number of aromatic nitrogens is 3. The lowest BCUT2D eigenvalue weighted by Gasteiger charge is -2.27. The van der Waals surface area contributed by atoms with E-state index >= 15 is 0 Å². The smallest absolute Gasteiger partial charge is 0.266 e. The summed E-state index contributed by atoms with van der Waals surface area (Å²) < 4.78 is 3.38. The number of rotatable bonds is 2. The van der Waals surface area contributed by atoms with Crippen molar-refractivity contribution >= 4 is 5.52 Å². The number of hydrogen-bond acceptors (Lipinski definition) is 4. The molecule has 0 amide bonds. The second-order valence-electron chi connectivity index (χ2n) is 6.17. The van der Waals surface area contributed by atoms with Crippen LogP contribution in [0.1, 0.15) is 22.4 Å². The van der Waals surface area contributed by atoms with E-state index in [0.717, 1.165) is 40.9 Å². The highest BCUT2D eigenvalue weighted by Crippen LogP contribution is 2.22. The molecular weight excluding hydrogens is 302 g/mol. The maximum atomic E-state index is 11.8. The fourth-order valence-electron chi connectivity index (χ4n) is 3.35. The third kappa shape index (κ3) is 2.39. The average molecular weight is 319 g/mol. The van der Waals surface area contributed by atoms with Gasteiger partial charge in [0, 0.05) is 57.1 Å². The Morgan fingerprint density at radius 1 is 1.38 bits per heavy atom. The van der Waals surface area contributed by atoms with Gasteiger partial charge in [-0.3, -0.25) is 9.69 Å². The summed E-state index contributed by atoms with van der Waals surface area (Å²) in [5.41, 5.74) is 4.58. The van der Waals surface area contributed by atoms with Gasteiger partial charge in [-0.25, -0.2) is 4.68 Å². The second-order valence-corrected chi connectivity index (χ2v) is 6.17. The summed E-state index contributed by atoms with van der Waals surface area (Å²) >= 11 is 0. The Balaban J connectivity index is 1.64. The standard InChI is InChI=1S/C18H17N5O/c1-21-18(24)8-13-10-22(7-5-16(13)20-21)11-14-12-23-6-3-2-4-17(23)15(14)9-19/h2-4,6,8,12H,5,7,10-11H2,1H3. The van der Waals surface area contributed by atoms with E-state index in [-0.39, 0.29) is 5.56 Å². The van der Waals surface area contributed by atoms with Crippen LogP contribution >= 0.6 is 0 Å². The van der Waals surface area contributed by atoms with Crippen molar-refractivity contribution in [2.75, 3.05) is 6.54 Å². The molecule has 0 N–H and O–H groups in total. The van der Waals surface area contributed by atoms with Crippen molar-refractivity contribution in [2.24, 2.45) is 7.05 Å². The molecule has 0 fully saturated rings. The monoisotopic (exact) mass is 319 g/mol. The van der Waals surface area contributed by atoms with Crippen LogP contribution in [-0.2, 0) is 26.6 Å². The van der Waals surface area contributed by atoms with Gasteiger partial charge in [-0.15, -0.1) is 0 Å². The van der Waals surface area contributed by atoms with E-state index in [1.807, 2.05) is 35.0 Å². The number of nitriles is 1. The Hall–Kier alpha value is -2.91. The molecule has 0 unspecified atom stereocenters. The minimum absolute atomic E-state index is 0.0806. The van der Waals surface area contributed by atoms with Gasteiger partial charge < -0.3 is 4.40 Å². The van der Waals surface area contributed by atoms with Gasteiger partial charge in [0.05, 0.1) is 16.8 Å². The van der Waals surface area contributed by atoms with Gasteiger partial charge in [-0.2, -0.15) is 10.4 Å². The highest BCUT2D eigenvalue weighted by molar-refractivity contribution is 5.65. The molecule has 24 heavy (non-hydrogen) atoms. The fraction of sp³-hybridized carbons (Fsp3) is 0.278. The van der Waals surface area contributed by atoms with Gasteiger partial charge in [0.15, 0.2) is 0 Å². The highest BCUT2D eigenvalue weighted by atomic mass is 16.1. The van der Waals surface area contributed by atoms with E-state index in [0.29, 0.717) is 13.1 Å². The van der Waals surface area contributed by atoms with E-state index in [1.54, 1.807) is 13.1 Å². The van der Waals surface area contributed by atoms with E-state index in [1.165, 1.54) is 4.68 Å². The number of fused-ring (bicyclic) bond motifs is 2. The number of nitrogens with zero attached hydrogens (tertiary/aromatic N) is 5. The first-order valence-electron chi connectivity index (χ1n) is 7.93. The zero-order valence-electron chi connectivity index (χ0n) is 13.4. The van der Waals surface area contributed by atoms with E-state index in [9.17, 15) is 10.1 Å². The molecule has 1 aliphatic rings. The lowest BCUT2D eigenvalue weighted by atomic mass is 10.1. The van der Waals surface area contributed by atoms with Crippen LogP contribution in [-0.4, -0.2) is 25.6 Å². The third-order valence-corrected chi connectivity index (χ3v) is 4.58. The molecule has 0 saturated heterocycles. The predicted octanol–water partition coefficient (Wildman–Crippen LogP) is 1.46. The Labute approximate surface area is 139 Å². The Bertz CT molecular complexity index is 1020. The topological polar surface area (TPSA) is 66.3 Å². The first kappa shape index (κ1) is 14.7. The van der Waals surface area contributed by atoms with Gasteiger partial charge >= 0.3 is 0 Å². The summed E-state index contributed by atoms with van der Waals surface area (Å²) in [6.45, 7) is 2.25. The van der Waals surface area contributed by atoms with Crippen molar-refractivity contribution in [1.29, 1.82) is 5.26 Å². The Morgan fingerprint density at radius 2 is 2.25 bits per heavy atom. The summed E-state index contributed by atoms with van der Waals surface area (Å²) in [6, 6.07) is 9.86. The number of aryl methyl sites for hydroxylation is 1. The molecule has 6 nitrogen and oxygen atoms in total. The van der Waals surface area contributed by atoms with Gasteiger partial charge in [-0.1, -0.05) is 6.07 Å². The summed E-state index contributed by atoms with van der Waals surface area (Å²) in [6.07, 6.45) is 4.79. The maximum Gasteiger partial charge on any atom is 0.266 e. The van der Waals surface area contributed by atoms with Crippen LogP contribution in [0, 0.1) is 11.3 Å². The average Bonchev–Trinajstić information content (AvgIpc) is 2.93. The first-order valence-corrected chi connectivity index (χ1v) is 7.93. The van der Waals surface area contributed by atoms with Crippen molar-refractivity contribution in [2.45, 2.75) is 19.5 Å². The van der Waals surface area contributed by atoms with Crippen molar-refractivity contribution in [1.82, 2.24) is 19.1 Å². The fourth-order valence-corrected chi connectivity index (χ4v) is 3.35. The van der Waals surface area contributed by atoms with Gasteiger partial charge in [0.2, 0.25) is 0 Å². The van der Waals surface area contributed by atoms with E-state index < -0.39 is 0 Å². The molecule has 6 heteroatoms. The predicted molar refractivity (Wildman–Crippen MR) is 89.4 cm³/mol. The molecule has 120 valence electrons. The molecule has 0 bridgehead atoms. The second kappa shape index (κ2) is 5.62. The quantitative estimate of drug-likeness (QED) is 0.717. The molecule has 0 saturated carbocycles. The molecule has 1 aliphatic heterocycles. The maximum absolute atomic E-state index is 11.8. The van der Waals surface area contributed by atoms with Crippen LogP contribution in [0.5, 0.6) is 0 Å². The SMILES string of the molecule is Cn1nc2c(cc1=O)CN(Cc1cn3ccccc3c1C#N)CC2. The summed E-state index contributed by atoms with van der Waals surface area (Å²) in [5.74, 6) is 0. The largest absolute Gasteiger partial charge is 0.322 e. The molecular formula is C18H17N5O. The Kier molecular flexibility index (Phi) is 3.44. The van der Waals surface area contributed by atoms with Crippen LogP contribution in [0.2, 0.25) is 0 Å². The van der Waals surface area contributed by atoms with E-state index in [4.69, 9.17) is 0 Å². The van der Waals surface area contributed by atoms with Gasteiger partial charge in [0.25, 0.3) is 5.56 Å². The van der Waals surface area contributed by atoms with Crippen molar-refractivity contribution in [3.63, 3.8) is 0 Å². The molecule has 4 heterocycles. The summed E-state index contributed by atoms with van der Waals surface area (Å²) in [7, 11) is 1.68. The van der Waals surface area contributed by atoms with Crippen LogP contribution in [0.25, 0.3) is 5.52 Å². The zero-order chi connectivity index (χ0) is 16.7. The molecule has 0 spiro atoms. The summed E-state index contributed by atoms with van der Waals surface area (Å²) in [4.78, 5) is 14.1. The van der Waals surface area contributed by atoms with Crippen LogP contribution in [0.3, 0.4) is 0 Å². The van der Waals surface area contributed by atoms with Gasteiger partial charge in [-0.05, 0) is 17.7 Å². The highest BCUT2D eigenvalue weighted by Gasteiger charge is 2.20. The van der Waals surface area contributed by atoms with Crippen molar-refractivity contribution in [3.8, 4) is 6.07 Å². The van der Waals surface area contributed by atoms with E-state index in [2.05, 4.69) is 16.1 Å². The van der Waals surface area contributed by atoms with Crippen molar-refractivity contribution in [3.05, 3.63) is 69.4 Å². The zero-order valence-corrected chi connectivity index (χ0v) is 13.4. The van der Waals surface area contributed by atoms with Crippen LogP contribution in [0.15, 0.2) is 41.5 Å². The number of hydrogen-bond donors (Lipinski definition) is 0. The van der Waals surface area contributed by atoms with Gasteiger partial charge in [0.1, 0.15) is 6.07 Å². The van der Waals surface area contributed by atoms with Crippen molar-refractivity contribution < 1.29 is 0 Å². The van der Waals surface area contributed by atoms with Crippen LogP contribution < -0.4 is 5.56 Å². The molecule has 0 aliphatic carbocycles. The first-order chi connectivity index (χ1) is 11.7. The minimum atomic E-state index is -0.0806. The lowest BCUT2D eigenvalue weighted by molar-refractivity contribution is 0.241. The number of pyridine rings is 1. The molecule has 4 rings (SSSR count). The molecule has 0 radical (unpaired) electrons. The molecule has 3 aromatic rings.